The lowest BCUT2D eigenvalue weighted by Crippen LogP contribution is -2.47. The zero-order chi connectivity index (χ0) is 19.8. The Bertz CT molecular complexity index is 788. The van der Waals surface area contributed by atoms with Gasteiger partial charge in [0.05, 0.1) is 23.6 Å². The predicted octanol–water partition coefficient (Wildman–Crippen LogP) is 3.17. The molecular formula is C19H22Cl2N2O4. The number of likely N-dealkylation sites (tertiary alicyclic amines) is 1. The fraction of sp³-hybridized carbons (Fsp3) is 0.526. The molecule has 2 amide bonds. The van der Waals surface area contributed by atoms with E-state index in [-0.39, 0.29) is 36.0 Å². The maximum absolute atomic E-state index is 12.4. The quantitative estimate of drug-likeness (QED) is 0.714. The molecule has 0 aromatic heterocycles. The van der Waals surface area contributed by atoms with E-state index < -0.39 is 0 Å². The molecule has 2 heterocycles. The van der Waals surface area contributed by atoms with Crippen LogP contribution in [0.5, 0.6) is 0 Å². The van der Waals surface area contributed by atoms with Crippen molar-refractivity contribution in [2.24, 2.45) is 0 Å². The van der Waals surface area contributed by atoms with Crippen LogP contribution in [0, 0.1) is 0 Å². The molecule has 27 heavy (non-hydrogen) atoms. The molecule has 146 valence electrons. The normalized spacial score (nSPS) is 17.8. The minimum absolute atomic E-state index is 0.0388. The maximum Gasteiger partial charge on any atom is 0.306 e. The molecule has 6 nitrogen and oxygen atoms in total. The van der Waals surface area contributed by atoms with Crippen LogP contribution in [0.15, 0.2) is 12.1 Å². The second kappa shape index (κ2) is 7.68. The summed E-state index contributed by atoms with van der Waals surface area (Å²) in [7, 11) is 1.31. The molecule has 2 aliphatic rings. The molecule has 0 saturated carbocycles. The van der Waals surface area contributed by atoms with Crippen LogP contribution in [0.1, 0.15) is 38.2 Å². The van der Waals surface area contributed by atoms with Gasteiger partial charge in [0, 0.05) is 44.1 Å². The Kier molecular flexibility index (Phi) is 5.68. The molecule has 1 fully saturated rings. The van der Waals surface area contributed by atoms with Crippen molar-refractivity contribution in [1.82, 2.24) is 4.90 Å². The van der Waals surface area contributed by atoms with Gasteiger partial charge in [0.1, 0.15) is 0 Å². The summed E-state index contributed by atoms with van der Waals surface area (Å²) in [6.07, 6.45) is 1.70. The summed E-state index contributed by atoms with van der Waals surface area (Å²) in [6, 6.07) is 3.61. The number of hydrogen-bond donors (Lipinski definition) is 0. The van der Waals surface area contributed by atoms with Gasteiger partial charge in [-0.25, -0.2) is 0 Å². The van der Waals surface area contributed by atoms with Gasteiger partial charge in [-0.3, -0.25) is 14.4 Å². The minimum Gasteiger partial charge on any atom is -0.469 e. The molecule has 0 N–H and O–H groups in total. The fourth-order valence-corrected chi connectivity index (χ4v) is 4.34. The second-order valence-corrected chi connectivity index (χ2v) is 7.94. The number of halogens is 2. The third-order valence-corrected chi connectivity index (χ3v) is 6.31. The lowest BCUT2D eigenvalue weighted by Gasteiger charge is -2.40. The smallest absolute Gasteiger partial charge is 0.306 e. The third-order valence-electron chi connectivity index (χ3n) is 5.59. The van der Waals surface area contributed by atoms with Crippen molar-refractivity contribution in [2.45, 2.75) is 38.0 Å². The molecule has 0 atom stereocenters. The lowest BCUT2D eigenvalue weighted by molar-refractivity contribution is -0.144. The highest BCUT2D eigenvalue weighted by atomic mass is 35.5. The van der Waals surface area contributed by atoms with Crippen molar-refractivity contribution in [2.75, 3.05) is 31.6 Å². The Hall–Kier alpha value is -1.79. The Morgan fingerprint density at radius 1 is 1.11 bits per heavy atom. The second-order valence-electron chi connectivity index (χ2n) is 7.13. The van der Waals surface area contributed by atoms with Gasteiger partial charge in [-0.15, -0.1) is 0 Å². The van der Waals surface area contributed by atoms with E-state index in [1.165, 1.54) is 14.0 Å². The monoisotopic (exact) mass is 412 g/mol. The number of methoxy groups -OCH3 is 1. The summed E-state index contributed by atoms with van der Waals surface area (Å²) < 4.78 is 4.59. The highest BCUT2D eigenvalue weighted by Crippen LogP contribution is 2.49. The van der Waals surface area contributed by atoms with Gasteiger partial charge < -0.3 is 14.5 Å². The number of benzene rings is 1. The Morgan fingerprint density at radius 2 is 1.74 bits per heavy atom. The first kappa shape index (κ1) is 20.0. The van der Waals surface area contributed by atoms with Crippen molar-refractivity contribution in [3.05, 3.63) is 27.7 Å². The average Bonchev–Trinajstić information content (AvgIpc) is 2.94. The number of carbonyl (C=O) groups excluding carboxylic acids is 3. The molecule has 3 rings (SSSR count). The molecule has 0 aliphatic carbocycles. The van der Waals surface area contributed by atoms with E-state index in [1.54, 1.807) is 15.9 Å². The first-order valence-corrected chi connectivity index (χ1v) is 9.65. The van der Waals surface area contributed by atoms with Crippen LogP contribution in [0.2, 0.25) is 10.0 Å². The SMILES string of the molecule is COC(=O)CCC(=O)N1CCC2(CC1)CN(C(C)=O)c1cc(Cl)c(Cl)cc12. The zero-order valence-electron chi connectivity index (χ0n) is 15.4. The van der Waals surface area contributed by atoms with Crippen molar-refractivity contribution in [3.63, 3.8) is 0 Å². The van der Waals surface area contributed by atoms with Gasteiger partial charge in [-0.05, 0) is 30.5 Å². The molecular weight excluding hydrogens is 391 g/mol. The first-order chi connectivity index (χ1) is 12.8. The van der Waals surface area contributed by atoms with Gasteiger partial charge in [0.2, 0.25) is 11.8 Å². The molecule has 1 spiro atoms. The first-order valence-electron chi connectivity index (χ1n) is 8.89. The van der Waals surface area contributed by atoms with Crippen LogP contribution in [-0.2, 0) is 24.5 Å². The number of fused-ring (bicyclic) bond motifs is 2. The van der Waals surface area contributed by atoms with Crippen LogP contribution in [-0.4, -0.2) is 49.4 Å². The molecule has 1 aromatic carbocycles. The number of hydrogen-bond acceptors (Lipinski definition) is 4. The van der Waals surface area contributed by atoms with Crippen LogP contribution in [0.4, 0.5) is 5.69 Å². The molecule has 8 heteroatoms. The predicted molar refractivity (Wildman–Crippen MR) is 103 cm³/mol. The summed E-state index contributed by atoms with van der Waals surface area (Å²) in [5, 5.41) is 0.894. The number of carbonyl (C=O) groups is 3. The Balaban J connectivity index is 1.76. The van der Waals surface area contributed by atoms with Crippen LogP contribution in [0.25, 0.3) is 0 Å². The zero-order valence-corrected chi connectivity index (χ0v) is 16.9. The Morgan fingerprint density at radius 3 is 2.33 bits per heavy atom. The molecule has 0 bridgehead atoms. The van der Waals surface area contributed by atoms with E-state index >= 15 is 0 Å². The lowest BCUT2D eigenvalue weighted by atomic mass is 9.74. The number of piperidine rings is 1. The standard InChI is InChI=1S/C19H22Cl2N2O4/c1-12(24)23-11-19(13-9-14(20)15(21)10-16(13)23)5-7-22(8-6-19)17(25)3-4-18(26)27-2/h9-10H,3-8,11H2,1-2H3. The average molecular weight is 413 g/mol. The van der Waals surface area contributed by atoms with Crippen LogP contribution in [0.3, 0.4) is 0 Å². The summed E-state index contributed by atoms with van der Waals surface area (Å²) >= 11 is 12.4. The van der Waals surface area contributed by atoms with Gasteiger partial charge in [-0.1, -0.05) is 23.2 Å². The molecule has 0 unspecified atom stereocenters. The van der Waals surface area contributed by atoms with Gasteiger partial charge in [0.25, 0.3) is 0 Å². The van der Waals surface area contributed by atoms with Gasteiger partial charge in [-0.2, -0.15) is 0 Å². The Labute approximate surface area is 168 Å². The number of rotatable bonds is 3. The molecule has 2 aliphatic heterocycles. The van der Waals surface area contributed by atoms with Crippen LogP contribution < -0.4 is 4.90 Å². The number of amides is 2. The van der Waals surface area contributed by atoms with E-state index in [9.17, 15) is 14.4 Å². The summed E-state index contributed by atoms with van der Waals surface area (Å²) in [5.74, 6) is -0.473. The third kappa shape index (κ3) is 3.78. The van der Waals surface area contributed by atoms with Gasteiger partial charge >= 0.3 is 5.97 Å². The van der Waals surface area contributed by atoms with E-state index in [4.69, 9.17) is 23.2 Å². The number of nitrogens with zero attached hydrogens (tertiary/aromatic N) is 2. The minimum atomic E-state index is -0.384. The molecule has 1 aromatic rings. The largest absolute Gasteiger partial charge is 0.469 e. The van der Waals surface area contributed by atoms with Gasteiger partial charge in [0.15, 0.2) is 0 Å². The van der Waals surface area contributed by atoms with Crippen molar-refractivity contribution >= 4 is 46.7 Å². The summed E-state index contributed by atoms with van der Waals surface area (Å²) in [6.45, 7) is 3.26. The topological polar surface area (TPSA) is 66.9 Å². The fourth-order valence-electron chi connectivity index (χ4n) is 4.02. The molecule has 0 radical (unpaired) electrons. The van der Waals surface area contributed by atoms with Crippen molar-refractivity contribution in [3.8, 4) is 0 Å². The van der Waals surface area contributed by atoms with Crippen molar-refractivity contribution < 1.29 is 19.1 Å². The summed E-state index contributed by atoms with van der Waals surface area (Å²) in [5.41, 5.74) is 1.60. The number of anilines is 1. The van der Waals surface area contributed by atoms with E-state index in [0.717, 1.165) is 24.1 Å². The molecule has 1 saturated heterocycles. The van der Waals surface area contributed by atoms with Crippen LogP contribution >= 0.6 is 23.2 Å². The summed E-state index contributed by atoms with van der Waals surface area (Å²) in [4.78, 5) is 39.2. The maximum atomic E-state index is 12.4. The highest BCUT2D eigenvalue weighted by Gasteiger charge is 2.46. The number of esters is 1. The number of ether oxygens (including phenoxy) is 1. The highest BCUT2D eigenvalue weighted by molar-refractivity contribution is 6.42. The van der Waals surface area contributed by atoms with E-state index in [0.29, 0.717) is 29.7 Å². The van der Waals surface area contributed by atoms with Crippen molar-refractivity contribution in [1.29, 1.82) is 0 Å². The van der Waals surface area contributed by atoms with E-state index in [1.807, 2.05) is 6.07 Å². The van der Waals surface area contributed by atoms with E-state index in [2.05, 4.69) is 4.74 Å².